The summed E-state index contributed by atoms with van der Waals surface area (Å²) in [6.07, 6.45) is 5.51. The van der Waals surface area contributed by atoms with E-state index in [2.05, 4.69) is 43.2 Å². The standard InChI is InChI=1S/C29H34N4O4/c1-28(2,3)19-36-27(35)33-14-11-29(12-15-33)18-22-17-21(7-10-24(22)37-29)20-5-8-23(9-6-20)31-26(34)25-30-13-16-32(25)4/h5-10,13,16-17H,11-12,14-15,18-19H2,1-4H3,(H,31,34). The number of carbonyl (C=O) groups excluding carboxylic acids is 2. The molecule has 5 rings (SSSR count). The SMILES string of the molecule is Cn1ccnc1C(=O)Nc1ccc(-c2ccc3c(c2)CC2(CCN(C(=O)OCC(C)(C)C)CC2)O3)cc1. The van der Waals surface area contributed by atoms with Crippen molar-refractivity contribution in [3.63, 3.8) is 0 Å². The minimum atomic E-state index is -0.263. The highest BCUT2D eigenvalue weighted by Crippen LogP contribution is 2.42. The number of rotatable bonds is 4. The lowest BCUT2D eigenvalue weighted by Crippen LogP contribution is -2.49. The number of anilines is 1. The molecule has 1 N–H and O–H groups in total. The van der Waals surface area contributed by atoms with E-state index in [1.807, 2.05) is 30.3 Å². The highest BCUT2D eigenvalue weighted by molar-refractivity contribution is 6.01. The summed E-state index contributed by atoms with van der Waals surface area (Å²) in [4.78, 5) is 30.8. The van der Waals surface area contributed by atoms with Crippen molar-refractivity contribution in [3.8, 4) is 16.9 Å². The lowest BCUT2D eigenvalue weighted by atomic mass is 9.86. The summed E-state index contributed by atoms with van der Waals surface area (Å²) >= 11 is 0. The van der Waals surface area contributed by atoms with E-state index in [4.69, 9.17) is 9.47 Å². The fourth-order valence-electron chi connectivity index (χ4n) is 4.88. The number of nitrogens with zero attached hydrogens (tertiary/aromatic N) is 3. The van der Waals surface area contributed by atoms with Gasteiger partial charge in [-0.3, -0.25) is 4.79 Å². The number of piperidine rings is 1. The Morgan fingerprint density at radius 2 is 1.78 bits per heavy atom. The van der Waals surface area contributed by atoms with Crippen molar-refractivity contribution in [2.24, 2.45) is 12.5 Å². The summed E-state index contributed by atoms with van der Waals surface area (Å²) in [5, 5.41) is 2.89. The van der Waals surface area contributed by atoms with Crippen molar-refractivity contribution < 1.29 is 19.1 Å². The maximum absolute atomic E-state index is 12.5. The molecule has 2 aromatic carbocycles. The van der Waals surface area contributed by atoms with E-state index < -0.39 is 0 Å². The minimum Gasteiger partial charge on any atom is -0.487 e. The summed E-state index contributed by atoms with van der Waals surface area (Å²) in [7, 11) is 1.79. The number of hydrogen-bond acceptors (Lipinski definition) is 5. The molecular weight excluding hydrogens is 468 g/mol. The van der Waals surface area contributed by atoms with Crippen LogP contribution in [0.25, 0.3) is 11.1 Å². The molecule has 0 unspecified atom stereocenters. The molecule has 0 saturated carbocycles. The van der Waals surface area contributed by atoms with Gasteiger partial charge in [0.05, 0.1) is 6.61 Å². The first-order valence-corrected chi connectivity index (χ1v) is 12.7. The van der Waals surface area contributed by atoms with E-state index in [-0.39, 0.29) is 23.0 Å². The Morgan fingerprint density at radius 3 is 2.43 bits per heavy atom. The topological polar surface area (TPSA) is 85.7 Å². The average molecular weight is 503 g/mol. The van der Waals surface area contributed by atoms with Gasteiger partial charge in [-0.25, -0.2) is 9.78 Å². The van der Waals surface area contributed by atoms with Crippen LogP contribution in [-0.2, 0) is 18.2 Å². The molecule has 0 aliphatic carbocycles. The Labute approximate surface area is 217 Å². The van der Waals surface area contributed by atoms with Crippen molar-refractivity contribution >= 4 is 17.7 Å². The van der Waals surface area contributed by atoms with Crippen LogP contribution in [0.1, 0.15) is 49.8 Å². The Kier molecular flexibility index (Phi) is 6.43. The number of ether oxygens (including phenoxy) is 2. The molecule has 1 saturated heterocycles. The first kappa shape index (κ1) is 24.9. The Balaban J connectivity index is 1.20. The molecule has 2 amide bonds. The molecule has 37 heavy (non-hydrogen) atoms. The number of aromatic nitrogens is 2. The van der Waals surface area contributed by atoms with Crippen molar-refractivity contribution in [2.75, 3.05) is 25.0 Å². The summed E-state index contributed by atoms with van der Waals surface area (Å²) < 4.78 is 13.6. The van der Waals surface area contributed by atoms with Crippen LogP contribution in [0.2, 0.25) is 0 Å². The number of amides is 2. The number of aryl methyl sites for hydroxylation is 1. The van der Waals surface area contributed by atoms with E-state index in [0.717, 1.165) is 36.1 Å². The molecule has 2 aliphatic heterocycles. The zero-order valence-corrected chi connectivity index (χ0v) is 21.9. The van der Waals surface area contributed by atoms with Crippen molar-refractivity contribution in [1.29, 1.82) is 0 Å². The van der Waals surface area contributed by atoms with Gasteiger partial charge in [0, 0.05) is 57.5 Å². The van der Waals surface area contributed by atoms with Crippen LogP contribution in [0.3, 0.4) is 0 Å². The number of hydrogen-bond donors (Lipinski definition) is 1. The fraction of sp³-hybridized carbons (Fsp3) is 0.414. The van der Waals surface area contributed by atoms with Gasteiger partial charge in [-0.1, -0.05) is 39.0 Å². The number of fused-ring (bicyclic) bond motifs is 1. The predicted molar refractivity (Wildman–Crippen MR) is 142 cm³/mol. The average Bonchev–Trinajstić information content (AvgIpc) is 3.45. The summed E-state index contributed by atoms with van der Waals surface area (Å²) in [6.45, 7) is 7.85. The van der Waals surface area contributed by atoms with Crippen LogP contribution in [0.4, 0.5) is 10.5 Å². The summed E-state index contributed by atoms with van der Waals surface area (Å²) in [6, 6.07) is 14.1. The van der Waals surface area contributed by atoms with Gasteiger partial charge in [0.15, 0.2) is 5.82 Å². The molecule has 0 atom stereocenters. The first-order valence-electron chi connectivity index (χ1n) is 12.7. The molecule has 1 aromatic heterocycles. The number of nitrogens with one attached hydrogen (secondary N) is 1. The summed E-state index contributed by atoms with van der Waals surface area (Å²) in [5.41, 5.74) is 3.76. The van der Waals surface area contributed by atoms with Gasteiger partial charge >= 0.3 is 6.09 Å². The van der Waals surface area contributed by atoms with Crippen molar-refractivity contribution in [3.05, 3.63) is 66.2 Å². The molecule has 8 heteroatoms. The molecule has 0 bridgehead atoms. The third kappa shape index (κ3) is 5.48. The van der Waals surface area contributed by atoms with E-state index in [1.54, 1.807) is 28.9 Å². The molecule has 3 aromatic rings. The van der Waals surface area contributed by atoms with Crippen LogP contribution >= 0.6 is 0 Å². The van der Waals surface area contributed by atoms with Crippen molar-refractivity contribution in [2.45, 2.75) is 45.6 Å². The van der Waals surface area contributed by atoms with Gasteiger partial charge in [-0.05, 0) is 46.4 Å². The second-order valence-corrected chi connectivity index (χ2v) is 11.3. The molecule has 8 nitrogen and oxygen atoms in total. The molecule has 2 aliphatic rings. The molecule has 1 fully saturated rings. The summed E-state index contributed by atoms with van der Waals surface area (Å²) in [5.74, 6) is 1.05. The molecular formula is C29H34N4O4. The lowest BCUT2D eigenvalue weighted by molar-refractivity contribution is 0.00956. The maximum atomic E-state index is 12.5. The first-order chi connectivity index (χ1) is 17.6. The van der Waals surface area contributed by atoms with E-state index in [1.165, 1.54) is 5.56 Å². The van der Waals surface area contributed by atoms with Crippen LogP contribution in [-0.4, -0.2) is 51.7 Å². The zero-order chi connectivity index (χ0) is 26.2. The predicted octanol–water partition coefficient (Wildman–Crippen LogP) is 5.29. The van der Waals surface area contributed by atoms with Crippen LogP contribution in [0, 0.1) is 5.41 Å². The molecule has 1 spiro atoms. The van der Waals surface area contributed by atoms with Crippen LogP contribution in [0.5, 0.6) is 5.75 Å². The number of likely N-dealkylation sites (tertiary alicyclic amines) is 1. The maximum Gasteiger partial charge on any atom is 0.409 e. The monoisotopic (exact) mass is 502 g/mol. The van der Waals surface area contributed by atoms with Gasteiger partial charge in [0.25, 0.3) is 5.91 Å². The van der Waals surface area contributed by atoms with E-state index >= 15 is 0 Å². The van der Waals surface area contributed by atoms with Crippen LogP contribution < -0.4 is 10.1 Å². The minimum absolute atomic E-state index is 0.0473. The second kappa shape index (κ2) is 9.57. The number of carbonyl (C=O) groups is 2. The third-order valence-corrected chi connectivity index (χ3v) is 6.96. The lowest BCUT2D eigenvalue weighted by Gasteiger charge is -2.38. The number of imidazole rings is 1. The molecule has 0 radical (unpaired) electrons. The smallest absolute Gasteiger partial charge is 0.409 e. The third-order valence-electron chi connectivity index (χ3n) is 6.96. The van der Waals surface area contributed by atoms with Gasteiger partial charge in [-0.2, -0.15) is 0 Å². The van der Waals surface area contributed by atoms with Gasteiger partial charge < -0.3 is 24.3 Å². The quantitative estimate of drug-likeness (QED) is 0.524. The number of benzene rings is 2. The van der Waals surface area contributed by atoms with Gasteiger partial charge in [0.1, 0.15) is 11.4 Å². The molecule has 3 heterocycles. The van der Waals surface area contributed by atoms with Crippen LogP contribution in [0.15, 0.2) is 54.9 Å². The highest BCUT2D eigenvalue weighted by atomic mass is 16.6. The van der Waals surface area contributed by atoms with Crippen molar-refractivity contribution in [1.82, 2.24) is 14.5 Å². The Morgan fingerprint density at radius 1 is 1.08 bits per heavy atom. The Bertz CT molecular complexity index is 1300. The van der Waals surface area contributed by atoms with Gasteiger partial charge in [0.2, 0.25) is 0 Å². The van der Waals surface area contributed by atoms with E-state index in [0.29, 0.717) is 31.2 Å². The second-order valence-electron chi connectivity index (χ2n) is 11.3. The van der Waals surface area contributed by atoms with E-state index in [9.17, 15) is 9.59 Å². The van der Waals surface area contributed by atoms with Gasteiger partial charge in [-0.15, -0.1) is 0 Å². The Hall–Kier alpha value is -3.81. The highest BCUT2D eigenvalue weighted by Gasteiger charge is 2.43. The zero-order valence-electron chi connectivity index (χ0n) is 21.9. The normalized spacial score (nSPS) is 16.3. The molecule has 194 valence electrons. The largest absolute Gasteiger partial charge is 0.487 e. The fourth-order valence-corrected chi connectivity index (χ4v) is 4.88.